The van der Waals surface area contributed by atoms with Gasteiger partial charge in [0.1, 0.15) is 5.75 Å². The Labute approximate surface area is 135 Å². The predicted molar refractivity (Wildman–Crippen MR) is 83.3 cm³/mol. The van der Waals surface area contributed by atoms with Crippen LogP contribution in [-0.4, -0.2) is 30.0 Å². The maximum Gasteiger partial charge on any atom is 0.263 e. The number of hydrogen-bond acceptors (Lipinski definition) is 4. The molecule has 1 aromatic rings. The summed E-state index contributed by atoms with van der Waals surface area (Å²) in [6, 6.07) is 9.18. The topological polar surface area (TPSA) is 77.1 Å². The van der Waals surface area contributed by atoms with E-state index in [1.165, 1.54) is 4.90 Å². The number of nitriles is 2. The van der Waals surface area contributed by atoms with Crippen molar-refractivity contribution in [2.45, 2.75) is 32.8 Å². The van der Waals surface area contributed by atoms with Crippen LogP contribution in [0.15, 0.2) is 18.2 Å². The van der Waals surface area contributed by atoms with E-state index in [2.05, 4.69) is 0 Å². The lowest BCUT2D eigenvalue weighted by atomic mass is 10.2. The van der Waals surface area contributed by atoms with E-state index in [1.54, 1.807) is 25.1 Å². The third kappa shape index (κ3) is 5.27. The van der Waals surface area contributed by atoms with Gasteiger partial charge in [-0.05, 0) is 37.6 Å². The van der Waals surface area contributed by atoms with Gasteiger partial charge in [0.15, 0.2) is 6.10 Å². The summed E-state index contributed by atoms with van der Waals surface area (Å²) in [6.45, 7) is 4.10. The Hall–Kier alpha value is -2.24. The van der Waals surface area contributed by atoms with E-state index in [0.29, 0.717) is 23.9 Å². The van der Waals surface area contributed by atoms with Crippen molar-refractivity contribution in [3.8, 4) is 17.9 Å². The van der Waals surface area contributed by atoms with Gasteiger partial charge in [0.05, 0.1) is 25.0 Å². The molecule has 0 aliphatic rings. The molecule has 0 saturated carbocycles. The summed E-state index contributed by atoms with van der Waals surface area (Å²) in [5, 5.41) is 17.9. The van der Waals surface area contributed by atoms with Crippen molar-refractivity contribution in [1.29, 1.82) is 10.5 Å². The average molecular weight is 320 g/mol. The number of rotatable bonds is 7. The fourth-order valence-electron chi connectivity index (χ4n) is 1.95. The van der Waals surface area contributed by atoms with Gasteiger partial charge in [0, 0.05) is 18.1 Å². The average Bonchev–Trinajstić information content (AvgIpc) is 2.49. The first kappa shape index (κ1) is 17.8. The first-order chi connectivity index (χ1) is 10.5. The smallest absolute Gasteiger partial charge is 0.263 e. The summed E-state index contributed by atoms with van der Waals surface area (Å²) in [4.78, 5) is 13.9. The first-order valence-electron chi connectivity index (χ1n) is 6.95. The van der Waals surface area contributed by atoms with Crippen molar-refractivity contribution in [2.75, 3.05) is 13.1 Å². The number of carbonyl (C=O) groups excluding carboxylic acids is 1. The van der Waals surface area contributed by atoms with E-state index in [9.17, 15) is 4.79 Å². The van der Waals surface area contributed by atoms with Crippen LogP contribution >= 0.6 is 11.6 Å². The molecule has 1 unspecified atom stereocenters. The number of hydrogen-bond donors (Lipinski definition) is 0. The highest BCUT2D eigenvalue weighted by Gasteiger charge is 2.22. The maximum absolute atomic E-state index is 12.4. The minimum Gasteiger partial charge on any atom is -0.481 e. The Bertz CT molecular complexity index is 586. The van der Waals surface area contributed by atoms with Crippen molar-refractivity contribution in [3.05, 3.63) is 28.8 Å². The van der Waals surface area contributed by atoms with Crippen LogP contribution in [0.5, 0.6) is 5.75 Å². The fraction of sp³-hybridized carbons (Fsp3) is 0.438. The van der Waals surface area contributed by atoms with E-state index in [4.69, 9.17) is 26.9 Å². The minimum atomic E-state index is -0.697. The van der Waals surface area contributed by atoms with Gasteiger partial charge in [-0.2, -0.15) is 10.5 Å². The molecule has 22 heavy (non-hydrogen) atoms. The van der Waals surface area contributed by atoms with Gasteiger partial charge >= 0.3 is 0 Å². The van der Waals surface area contributed by atoms with Crippen molar-refractivity contribution in [1.82, 2.24) is 4.90 Å². The van der Waals surface area contributed by atoms with Crippen LogP contribution < -0.4 is 4.74 Å². The molecule has 0 saturated heterocycles. The molecule has 5 nitrogen and oxygen atoms in total. The highest BCUT2D eigenvalue weighted by molar-refractivity contribution is 6.30. The van der Waals surface area contributed by atoms with Gasteiger partial charge in [-0.15, -0.1) is 0 Å². The Balaban J connectivity index is 2.75. The molecule has 6 heteroatoms. The number of aryl methyl sites for hydroxylation is 1. The SMILES string of the molecule is Cc1cc(Cl)ccc1OC(C)C(=O)N(CCC#N)CCC#N. The standard InChI is InChI=1S/C16H18ClN3O2/c1-12-11-14(17)5-6-15(12)22-13(2)16(21)20(9-3-7-18)10-4-8-19/h5-6,11,13H,3-4,9-10H2,1-2H3. The zero-order valence-corrected chi connectivity index (χ0v) is 13.4. The number of halogens is 1. The Morgan fingerprint density at radius 2 is 1.91 bits per heavy atom. The third-order valence-electron chi connectivity index (χ3n) is 3.09. The molecule has 1 amide bonds. The molecule has 1 aromatic carbocycles. The first-order valence-corrected chi connectivity index (χ1v) is 7.33. The van der Waals surface area contributed by atoms with E-state index in [-0.39, 0.29) is 18.7 Å². The molecule has 0 fully saturated rings. The normalized spacial score (nSPS) is 11.1. The summed E-state index contributed by atoms with van der Waals surface area (Å²) in [5.74, 6) is 0.352. The van der Waals surface area contributed by atoms with E-state index in [0.717, 1.165) is 5.56 Å². The van der Waals surface area contributed by atoms with Crippen molar-refractivity contribution >= 4 is 17.5 Å². The van der Waals surface area contributed by atoms with Crippen LogP contribution in [0.2, 0.25) is 5.02 Å². The Morgan fingerprint density at radius 3 is 2.41 bits per heavy atom. The molecule has 0 aliphatic heterocycles. The maximum atomic E-state index is 12.4. The van der Waals surface area contributed by atoms with Crippen LogP contribution in [0.3, 0.4) is 0 Å². The molecule has 0 radical (unpaired) electrons. The van der Waals surface area contributed by atoms with Gasteiger partial charge in [0.2, 0.25) is 0 Å². The zero-order valence-electron chi connectivity index (χ0n) is 12.7. The molecule has 0 aliphatic carbocycles. The van der Waals surface area contributed by atoms with Gasteiger partial charge in [-0.25, -0.2) is 0 Å². The lowest BCUT2D eigenvalue weighted by Crippen LogP contribution is -2.41. The Kier molecular flexibility index (Phi) is 7.22. The summed E-state index contributed by atoms with van der Waals surface area (Å²) in [6.07, 6.45) is -0.245. The van der Waals surface area contributed by atoms with E-state index in [1.807, 2.05) is 19.1 Å². The molecule has 116 valence electrons. The molecule has 0 spiro atoms. The van der Waals surface area contributed by atoms with Gasteiger partial charge in [-0.3, -0.25) is 4.79 Å². The molecule has 1 atom stereocenters. The minimum absolute atomic E-state index is 0.226. The number of ether oxygens (including phenoxy) is 1. The number of carbonyl (C=O) groups is 1. The molecular weight excluding hydrogens is 302 g/mol. The lowest BCUT2D eigenvalue weighted by Gasteiger charge is -2.25. The second-order valence-corrected chi connectivity index (χ2v) is 5.25. The highest BCUT2D eigenvalue weighted by atomic mass is 35.5. The van der Waals surface area contributed by atoms with Gasteiger partial charge in [-0.1, -0.05) is 11.6 Å². The summed E-state index contributed by atoms with van der Waals surface area (Å²) in [5.41, 5.74) is 0.841. The summed E-state index contributed by atoms with van der Waals surface area (Å²) >= 11 is 5.89. The summed E-state index contributed by atoms with van der Waals surface area (Å²) < 4.78 is 5.69. The monoisotopic (exact) mass is 319 g/mol. The van der Waals surface area contributed by atoms with Crippen molar-refractivity contribution in [2.24, 2.45) is 0 Å². The van der Waals surface area contributed by atoms with Crippen LogP contribution in [0.1, 0.15) is 25.3 Å². The van der Waals surface area contributed by atoms with Gasteiger partial charge in [0.25, 0.3) is 5.91 Å². The molecule has 0 aromatic heterocycles. The van der Waals surface area contributed by atoms with Crippen LogP contribution in [0.25, 0.3) is 0 Å². The lowest BCUT2D eigenvalue weighted by molar-refractivity contribution is -0.137. The quantitative estimate of drug-likeness (QED) is 0.773. The number of amides is 1. The fourth-order valence-corrected chi connectivity index (χ4v) is 2.17. The van der Waals surface area contributed by atoms with Gasteiger partial charge < -0.3 is 9.64 Å². The number of nitrogens with zero attached hydrogens (tertiary/aromatic N) is 3. The molecule has 0 N–H and O–H groups in total. The largest absolute Gasteiger partial charge is 0.481 e. The molecule has 0 bridgehead atoms. The van der Waals surface area contributed by atoms with E-state index < -0.39 is 6.10 Å². The van der Waals surface area contributed by atoms with Crippen LogP contribution in [0.4, 0.5) is 0 Å². The van der Waals surface area contributed by atoms with E-state index >= 15 is 0 Å². The molecular formula is C16H18ClN3O2. The van der Waals surface area contributed by atoms with Crippen LogP contribution in [-0.2, 0) is 4.79 Å². The number of benzene rings is 1. The molecule has 1 rings (SSSR count). The zero-order chi connectivity index (χ0) is 16.5. The van der Waals surface area contributed by atoms with Crippen molar-refractivity contribution < 1.29 is 9.53 Å². The second-order valence-electron chi connectivity index (χ2n) is 4.81. The third-order valence-corrected chi connectivity index (χ3v) is 3.32. The highest BCUT2D eigenvalue weighted by Crippen LogP contribution is 2.23. The summed E-state index contributed by atoms with van der Waals surface area (Å²) in [7, 11) is 0. The Morgan fingerprint density at radius 1 is 1.32 bits per heavy atom. The van der Waals surface area contributed by atoms with Crippen LogP contribution in [0, 0.1) is 29.6 Å². The molecule has 0 heterocycles. The van der Waals surface area contributed by atoms with Crippen molar-refractivity contribution in [3.63, 3.8) is 0 Å². The predicted octanol–water partition coefficient (Wildman–Crippen LogP) is 3.07. The second kappa shape index (κ2) is 8.92.